The van der Waals surface area contributed by atoms with Crippen molar-refractivity contribution in [2.75, 3.05) is 0 Å². The number of ether oxygens (including phenoxy) is 1. The molecular weight excluding hydrogens is 378 g/mol. The van der Waals surface area contributed by atoms with Crippen molar-refractivity contribution in [2.24, 2.45) is 0 Å². The van der Waals surface area contributed by atoms with Gasteiger partial charge in [-0.2, -0.15) is 0 Å². The second kappa shape index (κ2) is 9.39. The van der Waals surface area contributed by atoms with Crippen molar-refractivity contribution in [2.45, 2.75) is 45.4 Å². The Labute approximate surface area is 176 Å². The Morgan fingerprint density at radius 3 is 2.43 bits per heavy atom. The van der Waals surface area contributed by atoms with Crippen molar-refractivity contribution in [3.8, 4) is 0 Å². The highest BCUT2D eigenvalue weighted by atomic mass is 16.6. The van der Waals surface area contributed by atoms with E-state index < -0.39 is 17.7 Å². The number of carbonyl (C=O) groups is 2. The molecule has 3 aromatic rings. The summed E-state index contributed by atoms with van der Waals surface area (Å²) < 4.78 is 5.33. The molecule has 1 heterocycles. The van der Waals surface area contributed by atoms with E-state index in [0.717, 1.165) is 21.9 Å². The van der Waals surface area contributed by atoms with Gasteiger partial charge < -0.3 is 15.4 Å². The Kier molecular flexibility index (Phi) is 6.67. The van der Waals surface area contributed by atoms with Crippen LogP contribution in [0.5, 0.6) is 0 Å². The van der Waals surface area contributed by atoms with Crippen molar-refractivity contribution in [3.63, 3.8) is 0 Å². The van der Waals surface area contributed by atoms with E-state index in [0.29, 0.717) is 13.0 Å². The van der Waals surface area contributed by atoms with E-state index in [1.165, 1.54) is 0 Å². The topological polar surface area (TPSA) is 80.3 Å². The number of nitrogens with one attached hydrogen (secondary N) is 2. The monoisotopic (exact) mass is 405 g/mol. The fourth-order valence-corrected chi connectivity index (χ4v) is 3.17. The summed E-state index contributed by atoms with van der Waals surface area (Å²) in [5, 5.41) is 7.86. The number of hydrogen-bond donors (Lipinski definition) is 2. The van der Waals surface area contributed by atoms with Gasteiger partial charge in [-0.1, -0.05) is 42.5 Å². The van der Waals surface area contributed by atoms with E-state index in [1.54, 1.807) is 33.2 Å². The van der Waals surface area contributed by atoms with Crippen LogP contribution in [0.4, 0.5) is 4.79 Å². The number of alkyl carbamates (subject to hydrolysis) is 1. The zero-order valence-corrected chi connectivity index (χ0v) is 17.5. The van der Waals surface area contributed by atoms with E-state index in [1.807, 2.05) is 54.6 Å². The molecule has 0 saturated carbocycles. The summed E-state index contributed by atoms with van der Waals surface area (Å²) >= 11 is 0. The van der Waals surface area contributed by atoms with E-state index in [-0.39, 0.29) is 5.91 Å². The Bertz CT molecular complexity index is 1010. The van der Waals surface area contributed by atoms with Crippen molar-refractivity contribution in [1.82, 2.24) is 15.6 Å². The molecule has 0 aliphatic rings. The zero-order valence-electron chi connectivity index (χ0n) is 17.5. The molecule has 0 aliphatic carbocycles. The summed E-state index contributed by atoms with van der Waals surface area (Å²) in [6.45, 7) is 5.71. The van der Waals surface area contributed by atoms with Crippen molar-refractivity contribution >= 4 is 22.8 Å². The molecule has 0 unspecified atom stereocenters. The quantitative estimate of drug-likeness (QED) is 0.650. The van der Waals surface area contributed by atoms with E-state index in [4.69, 9.17) is 4.74 Å². The maximum Gasteiger partial charge on any atom is 0.408 e. The summed E-state index contributed by atoms with van der Waals surface area (Å²) in [6, 6.07) is 16.9. The standard InChI is InChI=1S/C24H27N3O3/c1-24(2,3)30-23(29)27-21(15-17-11-13-25-14-12-17)22(28)26-16-19-9-6-8-18-7-4-5-10-20(18)19/h4-14,21H,15-16H2,1-3H3,(H,26,28)(H,27,29)/t21-/m0/s1. The van der Waals surface area contributed by atoms with Crippen LogP contribution in [0.15, 0.2) is 67.0 Å². The summed E-state index contributed by atoms with van der Waals surface area (Å²) in [6.07, 6.45) is 3.03. The fourth-order valence-electron chi connectivity index (χ4n) is 3.17. The Balaban J connectivity index is 1.72. The molecule has 0 fully saturated rings. The molecule has 0 saturated heterocycles. The first-order chi connectivity index (χ1) is 14.3. The molecule has 6 heteroatoms. The van der Waals surface area contributed by atoms with Crippen LogP contribution < -0.4 is 10.6 Å². The predicted molar refractivity (Wildman–Crippen MR) is 117 cm³/mol. The number of hydrogen-bond acceptors (Lipinski definition) is 4. The lowest BCUT2D eigenvalue weighted by molar-refractivity contribution is -0.123. The summed E-state index contributed by atoms with van der Waals surface area (Å²) in [7, 11) is 0. The number of amides is 2. The average molecular weight is 405 g/mol. The summed E-state index contributed by atoms with van der Waals surface area (Å²) in [4.78, 5) is 29.2. The number of nitrogens with zero attached hydrogens (tertiary/aromatic N) is 1. The van der Waals surface area contributed by atoms with Gasteiger partial charge in [0.15, 0.2) is 0 Å². The minimum atomic E-state index is -0.766. The second-order valence-corrected chi connectivity index (χ2v) is 8.11. The molecule has 0 radical (unpaired) electrons. The van der Waals surface area contributed by atoms with Gasteiger partial charge in [-0.15, -0.1) is 0 Å². The Morgan fingerprint density at radius 2 is 1.70 bits per heavy atom. The van der Waals surface area contributed by atoms with E-state index >= 15 is 0 Å². The fraction of sp³-hybridized carbons (Fsp3) is 0.292. The smallest absolute Gasteiger partial charge is 0.408 e. The third kappa shape index (κ3) is 6.04. The predicted octanol–water partition coefficient (Wildman–Crippen LogP) is 3.99. The summed E-state index contributed by atoms with van der Waals surface area (Å²) in [5.74, 6) is -0.273. The van der Waals surface area contributed by atoms with Crippen molar-refractivity contribution in [1.29, 1.82) is 0 Å². The number of benzene rings is 2. The van der Waals surface area contributed by atoms with Gasteiger partial charge in [0.05, 0.1) is 0 Å². The minimum absolute atomic E-state index is 0.273. The molecule has 0 aliphatic heterocycles. The lowest BCUT2D eigenvalue weighted by atomic mass is 10.0. The number of carbonyl (C=O) groups excluding carboxylic acids is 2. The van der Waals surface area contributed by atoms with Crippen LogP contribution in [0.1, 0.15) is 31.9 Å². The van der Waals surface area contributed by atoms with Gasteiger partial charge in [0.25, 0.3) is 0 Å². The van der Waals surface area contributed by atoms with Crippen LogP contribution >= 0.6 is 0 Å². The number of pyridine rings is 1. The van der Waals surface area contributed by atoms with Crippen LogP contribution in [0, 0.1) is 0 Å². The molecular formula is C24H27N3O3. The molecule has 30 heavy (non-hydrogen) atoms. The van der Waals surface area contributed by atoms with Gasteiger partial charge >= 0.3 is 6.09 Å². The maximum absolute atomic E-state index is 13.0. The molecule has 0 bridgehead atoms. The lowest BCUT2D eigenvalue weighted by Crippen LogP contribution is -2.49. The van der Waals surface area contributed by atoms with E-state index in [9.17, 15) is 9.59 Å². The molecule has 156 valence electrons. The van der Waals surface area contributed by atoms with Gasteiger partial charge in [0.2, 0.25) is 5.91 Å². The molecule has 2 aromatic carbocycles. The zero-order chi connectivity index (χ0) is 21.6. The molecule has 2 amide bonds. The van der Waals surface area contributed by atoms with Gasteiger partial charge in [-0.25, -0.2) is 4.79 Å². The van der Waals surface area contributed by atoms with Crippen LogP contribution in [0.25, 0.3) is 10.8 Å². The minimum Gasteiger partial charge on any atom is -0.444 e. The second-order valence-electron chi connectivity index (χ2n) is 8.11. The third-order valence-corrected chi connectivity index (χ3v) is 4.53. The number of fused-ring (bicyclic) bond motifs is 1. The third-order valence-electron chi connectivity index (χ3n) is 4.53. The maximum atomic E-state index is 13.0. The SMILES string of the molecule is CC(C)(C)OC(=O)N[C@@H](Cc1ccncc1)C(=O)NCc1cccc2ccccc12. The van der Waals surface area contributed by atoms with Gasteiger partial charge in [0.1, 0.15) is 11.6 Å². The Morgan fingerprint density at radius 1 is 1.00 bits per heavy atom. The van der Waals surface area contributed by atoms with Gasteiger partial charge in [0, 0.05) is 25.4 Å². The number of rotatable bonds is 6. The molecule has 1 atom stereocenters. The normalized spacial score (nSPS) is 12.2. The molecule has 6 nitrogen and oxygen atoms in total. The van der Waals surface area contributed by atoms with Crippen molar-refractivity contribution < 1.29 is 14.3 Å². The average Bonchev–Trinajstić information content (AvgIpc) is 2.71. The molecule has 3 rings (SSSR count). The Hall–Kier alpha value is -3.41. The first-order valence-corrected chi connectivity index (χ1v) is 9.94. The van der Waals surface area contributed by atoms with E-state index in [2.05, 4.69) is 15.6 Å². The van der Waals surface area contributed by atoms with Crippen molar-refractivity contribution in [3.05, 3.63) is 78.1 Å². The highest BCUT2D eigenvalue weighted by molar-refractivity contribution is 5.88. The first-order valence-electron chi connectivity index (χ1n) is 9.94. The molecule has 0 spiro atoms. The summed E-state index contributed by atoms with van der Waals surface area (Å²) in [5.41, 5.74) is 1.26. The highest BCUT2D eigenvalue weighted by Gasteiger charge is 2.24. The lowest BCUT2D eigenvalue weighted by Gasteiger charge is -2.23. The van der Waals surface area contributed by atoms with Crippen LogP contribution in [-0.4, -0.2) is 28.6 Å². The number of aromatic nitrogens is 1. The first kappa shape index (κ1) is 21.3. The van der Waals surface area contributed by atoms with Crippen LogP contribution in [-0.2, 0) is 22.5 Å². The largest absolute Gasteiger partial charge is 0.444 e. The van der Waals surface area contributed by atoms with Gasteiger partial charge in [-0.05, 0) is 54.8 Å². The van der Waals surface area contributed by atoms with Crippen LogP contribution in [0.3, 0.4) is 0 Å². The highest BCUT2D eigenvalue weighted by Crippen LogP contribution is 2.18. The molecule has 2 N–H and O–H groups in total. The molecule has 1 aromatic heterocycles. The van der Waals surface area contributed by atoms with Gasteiger partial charge in [-0.3, -0.25) is 9.78 Å². The van der Waals surface area contributed by atoms with Crippen LogP contribution in [0.2, 0.25) is 0 Å².